The zero-order chi connectivity index (χ0) is 19.6. The third-order valence-corrected chi connectivity index (χ3v) is 5.38. The van der Waals surface area contributed by atoms with Crippen LogP contribution in [0.1, 0.15) is 18.4 Å². The Morgan fingerprint density at radius 3 is 2.89 bits per heavy atom. The third-order valence-electron chi connectivity index (χ3n) is 5.38. The highest BCUT2D eigenvalue weighted by Crippen LogP contribution is 2.28. The molecule has 0 spiro atoms. The summed E-state index contributed by atoms with van der Waals surface area (Å²) in [6.07, 6.45) is 5.43. The number of H-pyrrole nitrogens is 1. The van der Waals surface area contributed by atoms with Crippen molar-refractivity contribution >= 4 is 35.8 Å². The predicted molar refractivity (Wildman–Crippen MR) is 112 cm³/mol. The van der Waals surface area contributed by atoms with Crippen molar-refractivity contribution in [1.29, 1.82) is 0 Å². The largest absolute Gasteiger partial charge is 0.383 e. The lowest BCUT2D eigenvalue weighted by atomic mass is 9.89. The molecule has 1 fully saturated rings. The maximum atomic E-state index is 6.42. The van der Waals surface area contributed by atoms with Crippen LogP contribution in [-0.2, 0) is 11.3 Å². The van der Waals surface area contributed by atoms with Gasteiger partial charge in [0.1, 0.15) is 25.6 Å². The lowest BCUT2D eigenvalue weighted by molar-refractivity contribution is 0.0750. The van der Waals surface area contributed by atoms with Gasteiger partial charge in [-0.3, -0.25) is 4.90 Å². The Morgan fingerprint density at radius 1 is 1.32 bits per heavy atom. The number of fused-ring (bicyclic) bond motifs is 1. The number of piperidine rings is 1. The smallest absolute Gasteiger partial charge is 0.143 e. The van der Waals surface area contributed by atoms with Crippen LogP contribution in [0.15, 0.2) is 36.8 Å². The van der Waals surface area contributed by atoms with Gasteiger partial charge in [0.15, 0.2) is 0 Å². The monoisotopic (exact) mass is 376 g/mol. The van der Waals surface area contributed by atoms with Crippen molar-refractivity contribution < 1.29 is 4.74 Å². The minimum absolute atomic E-state index is 0.214. The first-order chi connectivity index (χ1) is 13.6. The zero-order valence-corrected chi connectivity index (χ0v) is 16.1. The molecule has 4 rings (SSSR count). The number of rotatable bonds is 6. The average molecular weight is 376 g/mol. The molecule has 8 heteroatoms. The van der Waals surface area contributed by atoms with E-state index in [1.807, 2.05) is 30.5 Å². The molecule has 1 aromatic carbocycles. The summed E-state index contributed by atoms with van der Waals surface area (Å²) in [5, 5.41) is 4.38. The molecule has 0 aliphatic carbocycles. The molecule has 3 heterocycles. The minimum atomic E-state index is -0.214. The molecule has 1 saturated heterocycles. The number of anilines is 2. The lowest BCUT2D eigenvalue weighted by Gasteiger charge is -2.38. The molecule has 0 saturated carbocycles. The number of ether oxygens (including phenoxy) is 1. The fourth-order valence-corrected chi connectivity index (χ4v) is 3.83. The normalized spacial score (nSPS) is 17.1. The molecule has 7 nitrogen and oxygen atoms in total. The summed E-state index contributed by atoms with van der Waals surface area (Å²) in [7, 11) is 7.61. The van der Waals surface area contributed by atoms with Crippen molar-refractivity contribution in [2.24, 2.45) is 5.73 Å². The fourth-order valence-electron chi connectivity index (χ4n) is 3.83. The van der Waals surface area contributed by atoms with Gasteiger partial charge in [0, 0.05) is 44.2 Å². The molecular weight excluding hydrogens is 351 g/mol. The Bertz CT molecular complexity index is 951. The van der Waals surface area contributed by atoms with E-state index in [9.17, 15) is 0 Å². The van der Waals surface area contributed by atoms with Crippen molar-refractivity contribution in [2.45, 2.75) is 24.9 Å². The molecule has 0 amide bonds. The molecule has 144 valence electrons. The first-order valence-electron chi connectivity index (χ1n) is 9.50. The summed E-state index contributed by atoms with van der Waals surface area (Å²) in [6.45, 7) is 3.31. The number of aromatic nitrogens is 3. The molecule has 1 aliphatic heterocycles. The van der Waals surface area contributed by atoms with Crippen LogP contribution in [0.2, 0.25) is 0 Å². The van der Waals surface area contributed by atoms with Crippen LogP contribution in [0.3, 0.4) is 0 Å². The summed E-state index contributed by atoms with van der Waals surface area (Å²) in [5.41, 5.74) is 9.80. The fraction of sp³-hybridized carbons (Fsp3) is 0.400. The first kappa shape index (κ1) is 18.9. The molecule has 0 bridgehead atoms. The Balaban J connectivity index is 1.54. The van der Waals surface area contributed by atoms with E-state index >= 15 is 0 Å². The number of likely N-dealkylation sites (tertiary alicyclic amines) is 1. The topological polar surface area (TPSA) is 92.1 Å². The highest BCUT2D eigenvalue weighted by atomic mass is 16.5. The summed E-state index contributed by atoms with van der Waals surface area (Å²) >= 11 is 0. The van der Waals surface area contributed by atoms with Crippen LogP contribution in [-0.4, -0.2) is 60.0 Å². The number of benzene rings is 1. The number of nitrogens with two attached hydrogens (primary N) is 1. The highest BCUT2D eigenvalue weighted by Gasteiger charge is 2.31. The van der Waals surface area contributed by atoms with Gasteiger partial charge in [-0.05, 0) is 30.5 Å². The second-order valence-corrected chi connectivity index (χ2v) is 7.58. The molecule has 2 aromatic heterocycles. The molecule has 3 aromatic rings. The van der Waals surface area contributed by atoms with Crippen LogP contribution < -0.4 is 16.5 Å². The summed E-state index contributed by atoms with van der Waals surface area (Å²) < 4.78 is 5.28. The Morgan fingerprint density at radius 2 is 2.14 bits per heavy atom. The van der Waals surface area contributed by atoms with Crippen LogP contribution in [0.25, 0.3) is 11.0 Å². The van der Waals surface area contributed by atoms with Crippen molar-refractivity contribution in [2.75, 3.05) is 32.1 Å². The van der Waals surface area contributed by atoms with E-state index in [0.717, 1.165) is 55.0 Å². The van der Waals surface area contributed by atoms with Crippen LogP contribution in [0, 0.1) is 0 Å². The van der Waals surface area contributed by atoms with E-state index < -0.39 is 0 Å². The maximum absolute atomic E-state index is 6.42. The van der Waals surface area contributed by atoms with Crippen LogP contribution >= 0.6 is 0 Å². The third kappa shape index (κ3) is 4.04. The van der Waals surface area contributed by atoms with Gasteiger partial charge in [0.2, 0.25) is 0 Å². The van der Waals surface area contributed by atoms with Gasteiger partial charge in [0.05, 0.1) is 12.0 Å². The number of hydrogen-bond acceptors (Lipinski definition) is 6. The van der Waals surface area contributed by atoms with E-state index in [1.54, 1.807) is 13.4 Å². The Labute approximate surface area is 166 Å². The van der Waals surface area contributed by atoms with E-state index in [-0.39, 0.29) is 5.54 Å². The summed E-state index contributed by atoms with van der Waals surface area (Å²) in [4.78, 5) is 14.5. The quantitative estimate of drug-likeness (QED) is 0.564. The lowest BCUT2D eigenvalue weighted by Crippen LogP contribution is -2.52. The van der Waals surface area contributed by atoms with Gasteiger partial charge in [0.25, 0.3) is 0 Å². The van der Waals surface area contributed by atoms with E-state index in [4.69, 9.17) is 18.3 Å². The highest BCUT2D eigenvalue weighted by molar-refractivity contribution is 6.32. The van der Waals surface area contributed by atoms with Gasteiger partial charge in [-0.15, -0.1) is 0 Å². The second kappa shape index (κ2) is 7.91. The zero-order valence-electron chi connectivity index (χ0n) is 16.1. The van der Waals surface area contributed by atoms with E-state index in [2.05, 4.69) is 25.2 Å². The average Bonchev–Trinajstić information content (AvgIpc) is 3.08. The second-order valence-electron chi connectivity index (χ2n) is 7.58. The van der Waals surface area contributed by atoms with Crippen molar-refractivity contribution in [3.8, 4) is 0 Å². The molecule has 0 atom stereocenters. The predicted octanol–water partition coefficient (Wildman–Crippen LogP) is 1.43. The first-order valence-corrected chi connectivity index (χ1v) is 9.50. The van der Waals surface area contributed by atoms with Crippen molar-refractivity contribution in [3.63, 3.8) is 0 Å². The molecule has 2 radical (unpaired) electrons. The Kier molecular flexibility index (Phi) is 5.35. The molecule has 28 heavy (non-hydrogen) atoms. The van der Waals surface area contributed by atoms with Gasteiger partial charge in [-0.1, -0.05) is 17.6 Å². The minimum Gasteiger partial charge on any atom is -0.383 e. The Hall–Kier alpha value is -2.42. The SMILES string of the molecule is [B]c1cccc(Nc2ncnc3[nH]cc(CN4CCC(N)(COC)CC4)c23)c1. The molecule has 1 aliphatic rings. The molecule has 4 N–H and O–H groups in total. The van der Waals surface area contributed by atoms with Crippen LogP contribution in [0.5, 0.6) is 0 Å². The number of nitrogens with zero attached hydrogens (tertiary/aromatic N) is 3. The standard InChI is InChI=1S/C20H25BN6O/c1-28-12-20(22)5-7-27(8-6-20)11-14-10-23-18-17(14)19(25-13-24-18)26-16-4-2-3-15(21)9-16/h2-4,9-10,13H,5-8,11-12,22H2,1H3,(H2,23,24,25,26). The number of methoxy groups -OCH3 is 1. The number of nitrogens with one attached hydrogen (secondary N) is 2. The maximum Gasteiger partial charge on any atom is 0.143 e. The van der Waals surface area contributed by atoms with E-state index in [1.165, 1.54) is 5.56 Å². The van der Waals surface area contributed by atoms with Gasteiger partial charge in [-0.2, -0.15) is 0 Å². The van der Waals surface area contributed by atoms with Crippen molar-refractivity contribution in [1.82, 2.24) is 19.9 Å². The summed E-state index contributed by atoms with van der Waals surface area (Å²) in [5.74, 6) is 0.774. The number of aromatic amines is 1. The molecular formula is C20H25BN6O. The summed E-state index contributed by atoms with van der Waals surface area (Å²) in [6, 6.07) is 7.64. The van der Waals surface area contributed by atoms with Crippen LogP contribution in [0.4, 0.5) is 11.5 Å². The van der Waals surface area contributed by atoms with Gasteiger partial charge in [-0.25, -0.2) is 9.97 Å². The van der Waals surface area contributed by atoms with E-state index in [0.29, 0.717) is 12.1 Å². The number of hydrogen-bond donors (Lipinski definition) is 3. The van der Waals surface area contributed by atoms with Gasteiger partial charge < -0.3 is 20.8 Å². The molecule has 0 unspecified atom stereocenters. The van der Waals surface area contributed by atoms with Gasteiger partial charge >= 0.3 is 0 Å². The van der Waals surface area contributed by atoms with Crippen molar-refractivity contribution in [3.05, 3.63) is 42.4 Å².